The standard InChI is InChI=1S/C13H15N3O2/c17-8-7-16(10-4-5-10)13(18)11-9-15-6-2-1-3-12(15)14-11/h1-3,6,9-10,17H,4-5,7-8H2. The first-order chi connectivity index (χ1) is 8.79. The van der Waals surface area contributed by atoms with Gasteiger partial charge in [0, 0.05) is 25.0 Å². The van der Waals surface area contributed by atoms with Crippen molar-refractivity contribution >= 4 is 11.6 Å². The normalized spacial score (nSPS) is 14.9. The third-order valence-corrected chi connectivity index (χ3v) is 3.17. The van der Waals surface area contributed by atoms with Gasteiger partial charge >= 0.3 is 0 Å². The van der Waals surface area contributed by atoms with Crippen molar-refractivity contribution in [2.45, 2.75) is 18.9 Å². The van der Waals surface area contributed by atoms with Crippen LogP contribution in [0.25, 0.3) is 5.65 Å². The highest BCUT2D eigenvalue weighted by Gasteiger charge is 2.33. The van der Waals surface area contributed by atoms with Crippen molar-refractivity contribution in [3.05, 3.63) is 36.3 Å². The molecule has 0 spiro atoms. The van der Waals surface area contributed by atoms with Crippen molar-refractivity contribution < 1.29 is 9.90 Å². The van der Waals surface area contributed by atoms with Crippen LogP contribution in [0.2, 0.25) is 0 Å². The van der Waals surface area contributed by atoms with Crippen molar-refractivity contribution in [1.29, 1.82) is 0 Å². The van der Waals surface area contributed by atoms with Gasteiger partial charge in [0.05, 0.1) is 6.61 Å². The molecule has 1 fully saturated rings. The summed E-state index contributed by atoms with van der Waals surface area (Å²) < 4.78 is 1.83. The Morgan fingerprint density at radius 2 is 2.33 bits per heavy atom. The van der Waals surface area contributed by atoms with Gasteiger partial charge in [-0.1, -0.05) is 6.07 Å². The third kappa shape index (κ3) is 1.97. The number of imidazole rings is 1. The number of aliphatic hydroxyl groups excluding tert-OH is 1. The highest BCUT2D eigenvalue weighted by molar-refractivity contribution is 5.93. The Kier molecular flexibility index (Phi) is 2.76. The molecule has 1 aliphatic carbocycles. The molecule has 2 aromatic heterocycles. The summed E-state index contributed by atoms with van der Waals surface area (Å²) in [6.07, 6.45) is 5.66. The number of aliphatic hydroxyl groups is 1. The fourth-order valence-electron chi connectivity index (χ4n) is 2.13. The average Bonchev–Trinajstić information content (AvgIpc) is 3.13. The van der Waals surface area contributed by atoms with Crippen molar-refractivity contribution in [3.63, 3.8) is 0 Å². The summed E-state index contributed by atoms with van der Waals surface area (Å²) in [4.78, 5) is 18.4. The predicted molar refractivity (Wildman–Crippen MR) is 66.3 cm³/mol. The number of fused-ring (bicyclic) bond motifs is 1. The molecule has 0 aliphatic heterocycles. The van der Waals surface area contributed by atoms with Crippen LogP contribution < -0.4 is 0 Å². The summed E-state index contributed by atoms with van der Waals surface area (Å²) in [6.45, 7) is 0.382. The van der Waals surface area contributed by atoms with Crippen LogP contribution in [0.3, 0.4) is 0 Å². The van der Waals surface area contributed by atoms with Crippen LogP contribution in [0, 0.1) is 0 Å². The zero-order valence-corrected chi connectivity index (χ0v) is 9.99. The predicted octanol–water partition coefficient (Wildman–Crippen LogP) is 0.931. The summed E-state index contributed by atoms with van der Waals surface area (Å²) in [5.74, 6) is -0.0877. The maximum Gasteiger partial charge on any atom is 0.274 e. The molecule has 5 heteroatoms. The second-order valence-corrected chi connectivity index (χ2v) is 4.55. The van der Waals surface area contributed by atoms with Crippen LogP contribution in [-0.4, -0.2) is 44.5 Å². The number of carbonyl (C=O) groups excluding carboxylic acids is 1. The topological polar surface area (TPSA) is 57.8 Å². The van der Waals surface area contributed by atoms with Gasteiger partial charge in [-0.2, -0.15) is 0 Å². The monoisotopic (exact) mass is 245 g/mol. The van der Waals surface area contributed by atoms with E-state index in [9.17, 15) is 4.79 Å². The highest BCUT2D eigenvalue weighted by Crippen LogP contribution is 2.27. The quantitative estimate of drug-likeness (QED) is 0.871. The number of pyridine rings is 1. The number of hydrogen-bond donors (Lipinski definition) is 1. The lowest BCUT2D eigenvalue weighted by molar-refractivity contribution is 0.0702. The van der Waals surface area contributed by atoms with E-state index in [1.165, 1.54) is 0 Å². The molecule has 5 nitrogen and oxygen atoms in total. The minimum absolute atomic E-state index is 0.00435. The lowest BCUT2D eigenvalue weighted by Gasteiger charge is -2.19. The Balaban J connectivity index is 1.90. The van der Waals surface area contributed by atoms with E-state index in [4.69, 9.17) is 5.11 Å². The first-order valence-corrected chi connectivity index (χ1v) is 6.15. The van der Waals surface area contributed by atoms with E-state index in [0.29, 0.717) is 12.2 Å². The summed E-state index contributed by atoms with van der Waals surface area (Å²) in [5, 5.41) is 9.03. The van der Waals surface area contributed by atoms with Gasteiger partial charge in [0.15, 0.2) is 0 Å². The summed E-state index contributed by atoms with van der Waals surface area (Å²) in [5.41, 5.74) is 1.21. The minimum atomic E-state index is -0.0877. The average molecular weight is 245 g/mol. The van der Waals surface area contributed by atoms with Gasteiger partial charge in [-0.25, -0.2) is 4.98 Å². The first-order valence-electron chi connectivity index (χ1n) is 6.15. The number of rotatable bonds is 4. The molecular weight excluding hydrogens is 230 g/mol. The molecule has 2 heterocycles. The van der Waals surface area contributed by atoms with E-state index in [0.717, 1.165) is 18.5 Å². The van der Waals surface area contributed by atoms with Crippen molar-refractivity contribution in [1.82, 2.24) is 14.3 Å². The Bertz CT molecular complexity index is 541. The number of aromatic nitrogens is 2. The van der Waals surface area contributed by atoms with E-state index in [-0.39, 0.29) is 18.6 Å². The van der Waals surface area contributed by atoms with Crippen LogP contribution >= 0.6 is 0 Å². The second kappa shape index (κ2) is 4.42. The Hall–Kier alpha value is -1.88. The first kappa shape index (κ1) is 11.2. The van der Waals surface area contributed by atoms with Gasteiger partial charge in [-0.15, -0.1) is 0 Å². The van der Waals surface area contributed by atoms with Crippen molar-refractivity contribution in [2.24, 2.45) is 0 Å². The molecule has 0 atom stereocenters. The van der Waals surface area contributed by atoms with Gasteiger partial charge < -0.3 is 14.4 Å². The fraction of sp³-hybridized carbons (Fsp3) is 0.385. The van der Waals surface area contributed by atoms with E-state index in [1.807, 2.05) is 28.8 Å². The zero-order valence-electron chi connectivity index (χ0n) is 9.99. The molecule has 94 valence electrons. The van der Waals surface area contributed by atoms with E-state index in [2.05, 4.69) is 4.98 Å². The molecule has 1 N–H and O–H groups in total. The third-order valence-electron chi connectivity index (χ3n) is 3.17. The van der Waals surface area contributed by atoms with E-state index in [1.54, 1.807) is 11.1 Å². The van der Waals surface area contributed by atoms with Gasteiger partial charge in [0.1, 0.15) is 11.3 Å². The molecule has 3 rings (SSSR count). The molecule has 18 heavy (non-hydrogen) atoms. The van der Waals surface area contributed by atoms with Crippen LogP contribution in [0.15, 0.2) is 30.6 Å². The van der Waals surface area contributed by atoms with Crippen molar-refractivity contribution in [2.75, 3.05) is 13.2 Å². The molecule has 0 bridgehead atoms. The van der Waals surface area contributed by atoms with Gasteiger partial charge in [-0.05, 0) is 25.0 Å². The maximum atomic E-state index is 12.3. The molecule has 1 amide bonds. The molecule has 0 aromatic carbocycles. The molecule has 2 aromatic rings. The van der Waals surface area contributed by atoms with Gasteiger partial charge in [0.25, 0.3) is 5.91 Å². The number of hydrogen-bond acceptors (Lipinski definition) is 3. The highest BCUT2D eigenvalue weighted by atomic mass is 16.3. The maximum absolute atomic E-state index is 12.3. The van der Waals surface area contributed by atoms with Crippen molar-refractivity contribution in [3.8, 4) is 0 Å². The molecule has 1 saturated carbocycles. The Labute approximate surface area is 105 Å². The van der Waals surface area contributed by atoms with Gasteiger partial charge in [-0.3, -0.25) is 4.79 Å². The lowest BCUT2D eigenvalue weighted by Crippen LogP contribution is -2.35. The SMILES string of the molecule is O=C(c1cn2ccccc2n1)N(CCO)C1CC1. The van der Waals surface area contributed by atoms with Gasteiger partial charge in [0.2, 0.25) is 0 Å². The van der Waals surface area contributed by atoms with Crippen LogP contribution in [-0.2, 0) is 0 Å². The Morgan fingerprint density at radius 1 is 1.50 bits per heavy atom. The minimum Gasteiger partial charge on any atom is -0.395 e. The van der Waals surface area contributed by atoms with E-state index >= 15 is 0 Å². The molecule has 0 unspecified atom stereocenters. The largest absolute Gasteiger partial charge is 0.395 e. The molecule has 1 aliphatic rings. The molecule has 0 saturated heterocycles. The summed E-state index contributed by atoms with van der Waals surface area (Å²) in [7, 11) is 0. The number of amides is 1. The smallest absolute Gasteiger partial charge is 0.274 e. The lowest BCUT2D eigenvalue weighted by atomic mass is 10.3. The fourth-order valence-corrected chi connectivity index (χ4v) is 2.13. The summed E-state index contributed by atoms with van der Waals surface area (Å²) >= 11 is 0. The molecular formula is C13H15N3O2. The van der Waals surface area contributed by atoms with Crippen LogP contribution in [0.5, 0.6) is 0 Å². The number of carbonyl (C=O) groups is 1. The van der Waals surface area contributed by atoms with Crippen LogP contribution in [0.1, 0.15) is 23.3 Å². The summed E-state index contributed by atoms with van der Waals surface area (Å²) in [6, 6.07) is 5.94. The number of nitrogens with zero attached hydrogens (tertiary/aromatic N) is 3. The van der Waals surface area contributed by atoms with Crippen LogP contribution in [0.4, 0.5) is 0 Å². The zero-order chi connectivity index (χ0) is 12.5. The second-order valence-electron chi connectivity index (χ2n) is 4.55. The Morgan fingerprint density at radius 3 is 3.00 bits per heavy atom. The van der Waals surface area contributed by atoms with E-state index < -0.39 is 0 Å². The molecule has 0 radical (unpaired) electrons.